The Labute approximate surface area is 115 Å². The van der Waals surface area contributed by atoms with Crippen molar-refractivity contribution in [1.29, 1.82) is 0 Å². The molecule has 1 aromatic rings. The number of ether oxygens (including phenoxy) is 3. The maximum atomic E-state index is 5.50. The summed E-state index contributed by atoms with van der Waals surface area (Å²) in [6, 6.07) is 6.60. The van der Waals surface area contributed by atoms with Gasteiger partial charge in [0.1, 0.15) is 11.5 Å². The molecule has 0 radical (unpaired) electrons. The lowest BCUT2D eigenvalue weighted by molar-refractivity contribution is 0.0670. The maximum absolute atomic E-state index is 5.50. The number of hydrogen-bond donors (Lipinski definition) is 1. The third kappa shape index (κ3) is 3.61. The minimum atomic E-state index is 0.229. The highest BCUT2D eigenvalue weighted by molar-refractivity contribution is 5.42. The quantitative estimate of drug-likeness (QED) is 0.888. The molecular weight excluding hydrogens is 242 g/mol. The lowest BCUT2D eigenvalue weighted by Crippen LogP contribution is -2.38. The van der Waals surface area contributed by atoms with Gasteiger partial charge < -0.3 is 19.5 Å². The van der Waals surface area contributed by atoms with Crippen LogP contribution in [0, 0.1) is 0 Å². The van der Waals surface area contributed by atoms with Gasteiger partial charge in [0.2, 0.25) is 0 Å². The van der Waals surface area contributed by atoms with Crippen molar-refractivity contribution >= 4 is 0 Å². The summed E-state index contributed by atoms with van der Waals surface area (Å²) >= 11 is 0. The highest BCUT2D eigenvalue weighted by atomic mass is 16.5. The van der Waals surface area contributed by atoms with E-state index in [1.165, 1.54) is 6.42 Å². The van der Waals surface area contributed by atoms with Crippen LogP contribution in [0.2, 0.25) is 0 Å². The lowest BCUT2D eigenvalue weighted by atomic mass is 10.0. The summed E-state index contributed by atoms with van der Waals surface area (Å²) in [5, 5.41) is 3.60. The molecule has 0 bridgehead atoms. The van der Waals surface area contributed by atoms with Gasteiger partial charge in [-0.15, -0.1) is 0 Å². The summed E-state index contributed by atoms with van der Waals surface area (Å²) in [5.41, 5.74) is 1.15. The third-order valence-corrected chi connectivity index (χ3v) is 3.55. The van der Waals surface area contributed by atoms with Gasteiger partial charge in [-0.2, -0.15) is 0 Å². The van der Waals surface area contributed by atoms with E-state index in [-0.39, 0.29) is 6.04 Å². The van der Waals surface area contributed by atoms with Gasteiger partial charge in [-0.1, -0.05) is 6.07 Å². The summed E-state index contributed by atoms with van der Waals surface area (Å²) < 4.78 is 16.2. The first kappa shape index (κ1) is 14.2. The molecule has 19 heavy (non-hydrogen) atoms. The van der Waals surface area contributed by atoms with E-state index < -0.39 is 0 Å². The van der Waals surface area contributed by atoms with Crippen LogP contribution in [0.25, 0.3) is 0 Å². The molecule has 0 aromatic heterocycles. The fourth-order valence-corrected chi connectivity index (χ4v) is 2.49. The van der Waals surface area contributed by atoms with Crippen LogP contribution in [0.4, 0.5) is 0 Å². The molecule has 0 spiro atoms. The maximum Gasteiger partial charge on any atom is 0.127 e. The minimum absolute atomic E-state index is 0.229. The molecule has 2 rings (SSSR count). The van der Waals surface area contributed by atoms with Crippen molar-refractivity contribution in [2.45, 2.75) is 31.8 Å². The second kappa shape index (κ2) is 6.78. The van der Waals surface area contributed by atoms with Crippen LogP contribution in [0.3, 0.4) is 0 Å². The van der Waals surface area contributed by atoms with Gasteiger partial charge in [0.05, 0.1) is 20.8 Å². The number of nitrogens with one attached hydrogen (secondary N) is 1. The molecule has 1 fully saturated rings. The normalized spacial score (nSPS) is 20.9. The van der Waals surface area contributed by atoms with Crippen LogP contribution < -0.4 is 14.8 Å². The Kier molecular flexibility index (Phi) is 5.05. The lowest BCUT2D eigenvalue weighted by Gasteiger charge is -2.27. The van der Waals surface area contributed by atoms with Crippen molar-refractivity contribution < 1.29 is 14.2 Å². The van der Waals surface area contributed by atoms with E-state index in [1.54, 1.807) is 14.2 Å². The Morgan fingerprint density at radius 3 is 2.79 bits per heavy atom. The SMILES string of the molecule is COc1ccc(C(C)NC2CCCOC2)c(OC)c1. The van der Waals surface area contributed by atoms with E-state index in [0.717, 1.165) is 36.7 Å². The third-order valence-electron chi connectivity index (χ3n) is 3.55. The molecule has 1 aliphatic rings. The number of hydrogen-bond acceptors (Lipinski definition) is 4. The Bertz CT molecular complexity index is 402. The standard InChI is InChI=1S/C15H23NO3/c1-11(16-12-5-4-8-19-10-12)14-7-6-13(17-2)9-15(14)18-3/h6-7,9,11-12,16H,4-5,8,10H2,1-3H3. The molecule has 4 heteroatoms. The molecule has 0 saturated carbocycles. The molecule has 1 heterocycles. The second-order valence-corrected chi connectivity index (χ2v) is 4.91. The topological polar surface area (TPSA) is 39.7 Å². The summed E-state index contributed by atoms with van der Waals surface area (Å²) in [6.45, 7) is 3.83. The first-order valence-electron chi connectivity index (χ1n) is 6.80. The average molecular weight is 265 g/mol. The number of benzene rings is 1. The molecule has 1 aliphatic heterocycles. The van der Waals surface area contributed by atoms with E-state index >= 15 is 0 Å². The molecule has 2 unspecified atom stereocenters. The molecule has 1 aromatic carbocycles. The van der Waals surface area contributed by atoms with Crippen molar-refractivity contribution in [2.75, 3.05) is 27.4 Å². The molecule has 2 atom stereocenters. The fraction of sp³-hybridized carbons (Fsp3) is 0.600. The highest BCUT2D eigenvalue weighted by Crippen LogP contribution is 2.29. The number of rotatable bonds is 5. The first-order chi connectivity index (χ1) is 9.24. The van der Waals surface area contributed by atoms with Gasteiger partial charge in [0.25, 0.3) is 0 Å². The largest absolute Gasteiger partial charge is 0.497 e. The van der Waals surface area contributed by atoms with Crippen LogP contribution in [0.1, 0.15) is 31.4 Å². The van der Waals surface area contributed by atoms with Crippen LogP contribution in [-0.4, -0.2) is 33.5 Å². The molecule has 106 valence electrons. The Balaban J connectivity index is 2.06. The van der Waals surface area contributed by atoms with E-state index in [2.05, 4.69) is 18.3 Å². The smallest absolute Gasteiger partial charge is 0.127 e. The molecule has 4 nitrogen and oxygen atoms in total. The first-order valence-corrected chi connectivity index (χ1v) is 6.80. The predicted octanol–water partition coefficient (Wildman–Crippen LogP) is 2.53. The molecule has 0 amide bonds. The Morgan fingerprint density at radius 2 is 2.16 bits per heavy atom. The van der Waals surface area contributed by atoms with Crippen LogP contribution in [0.15, 0.2) is 18.2 Å². The molecule has 0 aliphatic carbocycles. The van der Waals surface area contributed by atoms with Crippen molar-refractivity contribution in [3.8, 4) is 11.5 Å². The van der Waals surface area contributed by atoms with Gasteiger partial charge >= 0.3 is 0 Å². The van der Waals surface area contributed by atoms with Crippen molar-refractivity contribution in [3.05, 3.63) is 23.8 Å². The van der Waals surface area contributed by atoms with Crippen molar-refractivity contribution in [2.24, 2.45) is 0 Å². The van der Waals surface area contributed by atoms with E-state index in [1.807, 2.05) is 12.1 Å². The minimum Gasteiger partial charge on any atom is -0.497 e. The Morgan fingerprint density at radius 1 is 1.32 bits per heavy atom. The van der Waals surface area contributed by atoms with Gasteiger partial charge in [0, 0.05) is 30.3 Å². The molecule has 1 saturated heterocycles. The average Bonchev–Trinajstić information content (AvgIpc) is 2.47. The zero-order valence-corrected chi connectivity index (χ0v) is 11.9. The second-order valence-electron chi connectivity index (χ2n) is 4.91. The molecular formula is C15H23NO3. The van der Waals surface area contributed by atoms with Crippen LogP contribution in [0.5, 0.6) is 11.5 Å². The zero-order valence-electron chi connectivity index (χ0n) is 11.9. The van der Waals surface area contributed by atoms with Crippen molar-refractivity contribution in [3.63, 3.8) is 0 Å². The van der Waals surface area contributed by atoms with E-state index in [9.17, 15) is 0 Å². The zero-order chi connectivity index (χ0) is 13.7. The summed E-state index contributed by atoms with van der Waals surface area (Å²) in [7, 11) is 3.35. The Hall–Kier alpha value is -1.26. The van der Waals surface area contributed by atoms with E-state index in [4.69, 9.17) is 14.2 Å². The number of methoxy groups -OCH3 is 2. The summed E-state index contributed by atoms with van der Waals surface area (Å²) in [6.07, 6.45) is 2.30. The monoisotopic (exact) mass is 265 g/mol. The summed E-state index contributed by atoms with van der Waals surface area (Å²) in [4.78, 5) is 0. The van der Waals surface area contributed by atoms with Gasteiger partial charge in [-0.05, 0) is 25.8 Å². The van der Waals surface area contributed by atoms with Crippen LogP contribution in [-0.2, 0) is 4.74 Å². The van der Waals surface area contributed by atoms with Crippen molar-refractivity contribution in [1.82, 2.24) is 5.32 Å². The van der Waals surface area contributed by atoms with Crippen LogP contribution >= 0.6 is 0 Å². The highest BCUT2D eigenvalue weighted by Gasteiger charge is 2.19. The van der Waals surface area contributed by atoms with Gasteiger partial charge in [-0.25, -0.2) is 0 Å². The van der Waals surface area contributed by atoms with Gasteiger partial charge in [0.15, 0.2) is 0 Å². The summed E-state index contributed by atoms with van der Waals surface area (Å²) in [5.74, 6) is 1.67. The molecule has 1 N–H and O–H groups in total. The van der Waals surface area contributed by atoms with Gasteiger partial charge in [-0.3, -0.25) is 0 Å². The predicted molar refractivity (Wildman–Crippen MR) is 74.9 cm³/mol. The fourth-order valence-electron chi connectivity index (χ4n) is 2.49. The van der Waals surface area contributed by atoms with E-state index in [0.29, 0.717) is 6.04 Å².